The summed E-state index contributed by atoms with van der Waals surface area (Å²) in [5.74, 6) is 0.423. The van der Waals surface area contributed by atoms with Crippen molar-refractivity contribution in [3.8, 4) is 0 Å². The fraction of sp³-hybridized carbons (Fsp3) is 0.526. The molecule has 0 aromatic heterocycles. The van der Waals surface area contributed by atoms with Gasteiger partial charge in [0.25, 0.3) is 0 Å². The molecule has 1 aromatic rings. The van der Waals surface area contributed by atoms with Crippen LogP contribution >= 0.6 is 0 Å². The summed E-state index contributed by atoms with van der Waals surface area (Å²) in [6.07, 6.45) is 3.26. The number of fused-ring (bicyclic) bond motifs is 2. The van der Waals surface area contributed by atoms with Gasteiger partial charge < -0.3 is 0 Å². The molecule has 2 fully saturated rings. The monoisotopic (exact) mass is 345 g/mol. The van der Waals surface area contributed by atoms with E-state index >= 15 is 0 Å². The molecule has 1 spiro atoms. The predicted molar refractivity (Wildman–Crippen MR) is 92.0 cm³/mol. The van der Waals surface area contributed by atoms with E-state index in [0.717, 1.165) is 24.8 Å². The number of hydrogen-bond acceptors (Lipinski definition) is 3. The fourth-order valence-corrected chi connectivity index (χ4v) is 5.95. The number of sulfonamides is 1. The lowest BCUT2D eigenvalue weighted by Crippen LogP contribution is -2.41. The van der Waals surface area contributed by atoms with Gasteiger partial charge in [-0.15, -0.1) is 0 Å². The van der Waals surface area contributed by atoms with Crippen LogP contribution in [0.25, 0.3) is 0 Å². The van der Waals surface area contributed by atoms with E-state index < -0.39 is 10.0 Å². The first-order valence-corrected chi connectivity index (χ1v) is 10.1. The number of carbonyl (C=O) groups is 1. The van der Waals surface area contributed by atoms with Gasteiger partial charge in [0.15, 0.2) is 0 Å². The lowest BCUT2D eigenvalue weighted by atomic mass is 9.86. The number of ketones is 1. The van der Waals surface area contributed by atoms with Crippen LogP contribution in [0.2, 0.25) is 0 Å². The quantitative estimate of drug-likeness (QED) is 0.791. The summed E-state index contributed by atoms with van der Waals surface area (Å²) in [5, 5.41) is 0. The van der Waals surface area contributed by atoms with Gasteiger partial charge in [-0.1, -0.05) is 35.8 Å². The predicted octanol–water partition coefficient (Wildman–Crippen LogP) is 3.08. The zero-order valence-electron chi connectivity index (χ0n) is 14.2. The highest BCUT2D eigenvalue weighted by molar-refractivity contribution is 7.89. The Morgan fingerprint density at radius 3 is 2.46 bits per heavy atom. The van der Waals surface area contributed by atoms with Crippen molar-refractivity contribution in [3.05, 3.63) is 41.0 Å². The van der Waals surface area contributed by atoms with Crippen LogP contribution < -0.4 is 0 Å². The molecule has 4 nitrogen and oxygen atoms in total. The third kappa shape index (κ3) is 2.21. The number of benzene rings is 1. The lowest BCUT2D eigenvalue weighted by Gasteiger charge is -2.34. The molecule has 1 atom stereocenters. The van der Waals surface area contributed by atoms with Crippen LogP contribution in [-0.4, -0.2) is 31.6 Å². The summed E-state index contributed by atoms with van der Waals surface area (Å²) < 4.78 is 27.6. The Hall–Kier alpha value is -1.46. The Morgan fingerprint density at radius 1 is 1.21 bits per heavy atom. The molecule has 1 aromatic carbocycles. The number of hydrogen-bond donors (Lipinski definition) is 0. The number of rotatable bonds is 3. The van der Waals surface area contributed by atoms with Crippen molar-refractivity contribution in [1.82, 2.24) is 4.31 Å². The molecule has 0 radical (unpaired) electrons. The normalized spacial score (nSPS) is 26.1. The molecule has 4 rings (SSSR count). The molecule has 0 saturated heterocycles. The Labute approximate surface area is 143 Å². The minimum atomic E-state index is -3.51. The van der Waals surface area contributed by atoms with Gasteiger partial charge in [-0.05, 0) is 38.3 Å². The highest BCUT2D eigenvalue weighted by Gasteiger charge is 2.60. The van der Waals surface area contributed by atoms with Crippen molar-refractivity contribution in [2.24, 2.45) is 11.3 Å². The minimum Gasteiger partial charge on any atom is -0.299 e. The van der Waals surface area contributed by atoms with Crippen molar-refractivity contribution >= 4 is 15.8 Å². The van der Waals surface area contributed by atoms with Crippen molar-refractivity contribution in [2.45, 2.75) is 44.4 Å². The fourth-order valence-electron chi connectivity index (χ4n) is 4.47. The minimum absolute atomic E-state index is 0.0870. The van der Waals surface area contributed by atoms with E-state index in [4.69, 9.17) is 0 Å². The average Bonchev–Trinajstić information content (AvgIpc) is 3.30. The van der Waals surface area contributed by atoms with Crippen LogP contribution in [0.15, 0.2) is 40.3 Å². The van der Waals surface area contributed by atoms with Gasteiger partial charge in [0, 0.05) is 25.4 Å². The molecule has 128 valence electrons. The van der Waals surface area contributed by atoms with E-state index in [9.17, 15) is 13.2 Å². The maximum atomic E-state index is 13.0. The molecule has 3 aliphatic rings. The van der Waals surface area contributed by atoms with Gasteiger partial charge >= 0.3 is 0 Å². The number of aryl methyl sites for hydroxylation is 1. The smallest absolute Gasteiger partial charge is 0.243 e. The molecular formula is C19H23NO3S. The standard InChI is InChI=1S/C19H23NO3S/c1-3-14-11-20(24(22,23)16-6-4-13(2)5-7-16)12-15-10-17(21)19(8-9-19)18(14)15/h4-7,15H,3,8-12H2,1-2H3. The van der Waals surface area contributed by atoms with E-state index in [-0.39, 0.29) is 11.3 Å². The summed E-state index contributed by atoms with van der Waals surface area (Å²) in [6, 6.07) is 7.02. The van der Waals surface area contributed by atoms with Crippen LogP contribution in [0.4, 0.5) is 0 Å². The largest absolute Gasteiger partial charge is 0.299 e. The lowest BCUT2D eigenvalue weighted by molar-refractivity contribution is -0.121. The van der Waals surface area contributed by atoms with E-state index in [1.54, 1.807) is 16.4 Å². The van der Waals surface area contributed by atoms with Gasteiger partial charge in [0.2, 0.25) is 10.0 Å². The number of Topliss-reactive ketones (excluding diaryl/α,β-unsaturated/α-hetero) is 1. The maximum absolute atomic E-state index is 13.0. The van der Waals surface area contributed by atoms with Crippen molar-refractivity contribution in [3.63, 3.8) is 0 Å². The first-order valence-electron chi connectivity index (χ1n) is 8.71. The van der Waals surface area contributed by atoms with Gasteiger partial charge in [-0.25, -0.2) is 8.42 Å². The van der Waals surface area contributed by atoms with Crippen molar-refractivity contribution < 1.29 is 13.2 Å². The molecule has 2 saturated carbocycles. The van der Waals surface area contributed by atoms with Crippen LogP contribution in [-0.2, 0) is 14.8 Å². The molecule has 5 heteroatoms. The average molecular weight is 345 g/mol. The second-order valence-corrected chi connectivity index (χ2v) is 9.33. The number of nitrogens with zero attached hydrogens (tertiary/aromatic N) is 1. The first kappa shape index (κ1) is 16.0. The zero-order valence-corrected chi connectivity index (χ0v) is 15.0. The van der Waals surface area contributed by atoms with Gasteiger partial charge in [-0.2, -0.15) is 4.31 Å². The third-order valence-electron chi connectivity index (χ3n) is 5.90. The topological polar surface area (TPSA) is 54.5 Å². The Bertz CT molecular complexity index is 832. The SMILES string of the molecule is CCC1=C2C(CC(=O)C23CC3)CN(S(=O)(=O)c2ccc(C)cc2)C1. The van der Waals surface area contributed by atoms with Gasteiger partial charge in [0.1, 0.15) is 5.78 Å². The summed E-state index contributed by atoms with van der Waals surface area (Å²) >= 11 is 0. The zero-order chi connectivity index (χ0) is 17.1. The van der Waals surface area contributed by atoms with E-state index in [1.807, 2.05) is 19.1 Å². The molecule has 0 bridgehead atoms. The van der Waals surface area contributed by atoms with E-state index in [0.29, 0.717) is 30.2 Å². The van der Waals surface area contributed by atoms with Crippen LogP contribution in [0, 0.1) is 18.3 Å². The summed E-state index contributed by atoms with van der Waals surface area (Å²) in [7, 11) is -3.51. The van der Waals surface area contributed by atoms with E-state index in [1.165, 1.54) is 11.1 Å². The van der Waals surface area contributed by atoms with Crippen LogP contribution in [0.5, 0.6) is 0 Å². The van der Waals surface area contributed by atoms with Gasteiger partial charge in [-0.3, -0.25) is 4.79 Å². The second-order valence-electron chi connectivity index (χ2n) is 7.39. The van der Waals surface area contributed by atoms with Crippen molar-refractivity contribution in [1.29, 1.82) is 0 Å². The summed E-state index contributed by atoms with van der Waals surface area (Å²) in [4.78, 5) is 12.8. The Balaban J connectivity index is 1.71. The highest BCUT2D eigenvalue weighted by atomic mass is 32.2. The Kier molecular flexibility index (Phi) is 3.52. The molecular weight excluding hydrogens is 322 g/mol. The molecule has 1 unspecified atom stereocenters. The summed E-state index contributed by atoms with van der Waals surface area (Å²) in [6.45, 7) is 4.90. The highest BCUT2D eigenvalue weighted by Crippen LogP contribution is 2.63. The molecule has 24 heavy (non-hydrogen) atoms. The van der Waals surface area contributed by atoms with Crippen molar-refractivity contribution in [2.75, 3.05) is 13.1 Å². The second kappa shape index (κ2) is 5.27. The maximum Gasteiger partial charge on any atom is 0.243 e. The molecule has 2 aliphatic carbocycles. The first-order chi connectivity index (χ1) is 11.4. The molecule has 1 heterocycles. The number of carbonyl (C=O) groups excluding carboxylic acids is 1. The summed E-state index contributed by atoms with van der Waals surface area (Å²) in [5.41, 5.74) is 3.31. The Morgan fingerprint density at radius 2 is 1.88 bits per heavy atom. The van der Waals surface area contributed by atoms with Crippen LogP contribution in [0.3, 0.4) is 0 Å². The van der Waals surface area contributed by atoms with Gasteiger partial charge in [0.05, 0.1) is 10.3 Å². The van der Waals surface area contributed by atoms with Crippen LogP contribution in [0.1, 0.15) is 38.2 Å². The molecule has 1 aliphatic heterocycles. The third-order valence-corrected chi connectivity index (χ3v) is 7.72. The molecule has 0 amide bonds. The molecule has 0 N–H and O–H groups in total. The van der Waals surface area contributed by atoms with E-state index in [2.05, 4.69) is 6.92 Å².